The van der Waals surface area contributed by atoms with E-state index in [1.807, 2.05) is 6.92 Å². The van der Waals surface area contributed by atoms with E-state index < -0.39 is 0 Å². The summed E-state index contributed by atoms with van der Waals surface area (Å²) < 4.78 is 4.72. The van der Waals surface area contributed by atoms with E-state index in [-0.39, 0.29) is 24.2 Å². The number of rotatable bonds is 7. The van der Waals surface area contributed by atoms with Crippen LogP contribution in [0.4, 0.5) is 0 Å². The summed E-state index contributed by atoms with van der Waals surface area (Å²) in [6, 6.07) is 0. The molecule has 5 nitrogen and oxygen atoms in total. The maximum atomic E-state index is 11.4. The van der Waals surface area contributed by atoms with Gasteiger partial charge in [0.15, 0.2) is 0 Å². The number of amides is 1. The molecule has 0 aromatic carbocycles. The minimum Gasteiger partial charge on any atom is -0.466 e. The molecule has 0 heterocycles. The maximum absolute atomic E-state index is 11.4. The number of nitrogens with one attached hydrogen (secondary N) is 1. The van der Waals surface area contributed by atoms with Crippen LogP contribution in [0.3, 0.4) is 0 Å². The molecule has 1 unspecified atom stereocenters. The standard InChI is InChI=1S/C10H20N2O3/c1-3-8(7-11)10(14)12-6-5-9(13)15-4-2/h8H,3-7,11H2,1-2H3,(H,12,14). The molecule has 3 N–H and O–H groups in total. The summed E-state index contributed by atoms with van der Waals surface area (Å²) in [6.07, 6.45) is 0.919. The Morgan fingerprint density at radius 2 is 2.07 bits per heavy atom. The number of carbonyl (C=O) groups is 2. The molecule has 5 heteroatoms. The van der Waals surface area contributed by atoms with Gasteiger partial charge in [-0.3, -0.25) is 9.59 Å². The minimum absolute atomic E-state index is 0.0932. The Morgan fingerprint density at radius 3 is 2.53 bits per heavy atom. The van der Waals surface area contributed by atoms with Crippen LogP contribution in [0.5, 0.6) is 0 Å². The summed E-state index contributed by atoms with van der Waals surface area (Å²) >= 11 is 0. The number of nitrogens with two attached hydrogens (primary N) is 1. The monoisotopic (exact) mass is 216 g/mol. The van der Waals surface area contributed by atoms with Crippen LogP contribution in [-0.2, 0) is 14.3 Å². The average molecular weight is 216 g/mol. The first-order chi connectivity index (χ1) is 7.15. The Bertz CT molecular complexity index is 203. The largest absolute Gasteiger partial charge is 0.466 e. The zero-order valence-corrected chi connectivity index (χ0v) is 9.41. The average Bonchev–Trinajstić information content (AvgIpc) is 2.20. The van der Waals surface area contributed by atoms with Gasteiger partial charge in [0.05, 0.1) is 13.0 Å². The lowest BCUT2D eigenvalue weighted by molar-refractivity contribution is -0.143. The molecule has 0 saturated carbocycles. The molecule has 0 spiro atoms. The van der Waals surface area contributed by atoms with Gasteiger partial charge in [0.2, 0.25) is 5.91 Å². The van der Waals surface area contributed by atoms with Crippen molar-refractivity contribution in [3.8, 4) is 0 Å². The van der Waals surface area contributed by atoms with Crippen molar-refractivity contribution >= 4 is 11.9 Å². The highest BCUT2D eigenvalue weighted by Crippen LogP contribution is 1.99. The van der Waals surface area contributed by atoms with Crippen LogP contribution in [0.25, 0.3) is 0 Å². The summed E-state index contributed by atoms with van der Waals surface area (Å²) in [5.74, 6) is -0.546. The van der Waals surface area contributed by atoms with Crippen LogP contribution in [0.2, 0.25) is 0 Å². The van der Waals surface area contributed by atoms with Crippen molar-refractivity contribution in [2.45, 2.75) is 26.7 Å². The van der Waals surface area contributed by atoms with Crippen molar-refractivity contribution in [2.75, 3.05) is 19.7 Å². The molecule has 0 bridgehead atoms. The number of hydrogen-bond acceptors (Lipinski definition) is 4. The van der Waals surface area contributed by atoms with Gasteiger partial charge in [0.1, 0.15) is 0 Å². The maximum Gasteiger partial charge on any atom is 0.307 e. The first kappa shape index (κ1) is 13.9. The molecule has 0 fully saturated rings. The molecule has 0 aliphatic heterocycles. The SMILES string of the molecule is CCOC(=O)CCNC(=O)C(CC)CN. The fourth-order valence-corrected chi connectivity index (χ4v) is 1.12. The van der Waals surface area contributed by atoms with Gasteiger partial charge in [-0.2, -0.15) is 0 Å². The predicted octanol–water partition coefficient (Wildman–Crippen LogP) is 0.0407. The van der Waals surface area contributed by atoms with Gasteiger partial charge >= 0.3 is 5.97 Å². The van der Waals surface area contributed by atoms with Gasteiger partial charge in [-0.15, -0.1) is 0 Å². The third-order valence-electron chi connectivity index (χ3n) is 2.08. The van der Waals surface area contributed by atoms with E-state index in [0.29, 0.717) is 26.1 Å². The van der Waals surface area contributed by atoms with Crippen molar-refractivity contribution in [3.63, 3.8) is 0 Å². The zero-order valence-electron chi connectivity index (χ0n) is 9.41. The Hall–Kier alpha value is -1.10. The van der Waals surface area contributed by atoms with E-state index in [0.717, 1.165) is 0 Å². The van der Waals surface area contributed by atoms with E-state index in [9.17, 15) is 9.59 Å². The Labute approximate surface area is 90.4 Å². The molecular formula is C10H20N2O3. The van der Waals surface area contributed by atoms with Crippen molar-refractivity contribution in [2.24, 2.45) is 11.7 Å². The second-order valence-corrected chi connectivity index (χ2v) is 3.19. The lowest BCUT2D eigenvalue weighted by atomic mass is 10.1. The zero-order chi connectivity index (χ0) is 11.7. The fraction of sp³-hybridized carbons (Fsp3) is 0.800. The number of hydrogen-bond donors (Lipinski definition) is 2. The van der Waals surface area contributed by atoms with Crippen LogP contribution in [0, 0.1) is 5.92 Å². The fourth-order valence-electron chi connectivity index (χ4n) is 1.12. The van der Waals surface area contributed by atoms with Gasteiger partial charge in [-0.05, 0) is 13.3 Å². The van der Waals surface area contributed by atoms with Crippen LogP contribution in [0.1, 0.15) is 26.7 Å². The Balaban J connectivity index is 3.67. The van der Waals surface area contributed by atoms with E-state index in [1.165, 1.54) is 0 Å². The first-order valence-electron chi connectivity index (χ1n) is 5.29. The van der Waals surface area contributed by atoms with Crippen molar-refractivity contribution in [3.05, 3.63) is 0 Å². The molecule has 1 amide bonds. The summed E-state index contributed by atoms with van der Waals surface area (Å²) in [5, 5.41) is 2.65. The van der Waals surface area contributed by atoms with Crippen LogP contribution >= 0.6 is 0 Å². The molecule has 88 valence electrons. The Kier molecular flexibility index (Phi) is 7.62. The molecule has 1 atom stereocenters. The van der Waals surface area contributed by atoms with Crippen molar-refractivity contribution in [1.29, 1.82) is 0 Å². The molecule has 0 rings (SSSR count). The van der Waals surface area contributed by atoms with E-state index in [1.54, 1.807) is 6.92 Å². The summed E-state index contributed by atoms with van der Waals surface area (Å²) in [5.41, 5.74) is 5.41. The van der Waals surface area contributed by atoms with E-state index >= 15 is 0 Å². The first-order valence-corrected chi connectivity index (χ1v) is 5.29. The van der Waals surface area contributed by atoms with Crippen LogP contribution in [-0.4, -0.2) is 31.6 Å². The molecule has 0 aliphatic carbocycles. The molecule has 0 aromatic heterocycles. The summed E-state index contributed by atoms with van der Waals surface area (Å²) in [6.45, 7) is 4.67. The van der Waals surface area contributed by atoms with Crippen molar-refractivity contribution in [1.82, 2.24) is 5.32 Å². The second kappa shape index (κ2) is 8.23. The number of ether oxygens (including phenoxy) is 1. The summed E-state index contributed by atoms with van der Waals surface area (Å²) in [7, 11) is 0. The summed E-state index contributed by atoms with van der Waals surface area (Å²) in [4.78, 5) is 22.3. The van der Waals surface area contributed by atoms with Crippen LogP contribution < -0.4 is 11.1 Å². The number of carbonyl (C=O) groups excluding carboxylic acids is 2. The number of esters is 1. The lowest BCUT2D eigenvalue weighted by Crippen LogP contribution is -2.35. The predicted molar refractivity (Wildman–Crippen MR) is 57.1 cm³/mol. The molecule has 0 aliphatic rings. The smallest absolute Gasteiger partial charge is 0.307 e. The van der Waals surface area contributed by atoms with Crippen molar-refractivity contribution < 1.29 is 14.3 Å². The van der Waals surface area contributed by atoms with Gasteiger partial charge in [0.25, 0.3) is 0 Å². The Morgan fingerprint density at radius 1 is 1.40 bits per heavy atom. The second-order valence-electron chi connectivity index (χ2n) is 3.19. The normalized spacial score (nSPS) is 11.9. The van der Waals surface area contributed by atoms with Crippen LogP contribution in [0.15, 0.2) is 0 Å². The van der Waals surface area contributed by atoms with E-state index in [4.69, 9.17) is 10.5 Å². The highest BCUT2D eigenvalue weighted by atomic mass is 16.5. The molecule has 0 saturated heterocycles. The van der Waals surface area contributed by atoms with Gasteiger partial charge in [-0.1, -0.05) is 6.92 Å². The van der Waals surface area contributed by atoms with Gasteiger partial charge in [-0.25, -0.2) is 0 Å². The lowest BCUT2D eigenvalue weighted by Gasteiger charge is -2.12. The highest BCUT2D eigenvalue weighted by molar-refractivity contribution is 5.79. The molecular weight excluding hydrogens is 196 g/mol. The molecule has 0 radical (unpaired) electrons. The van der Waals surface area contributed by atoms with E-state index in [2.05, 4.69) is 5.32 Å². The molecule has 15 heavy (non-hydrogen) atoms. The molecule has 0 aromatic rings. The van der Waals surface area contributed by atoms with Gasteiger partial charge < -0.3 is 15.8 Å². The van der Waals surface area contributed by atoms with Gasteiger partial charge in [0, 0.05) is 19.0 Å². The third kappa shape index (κ3) is 6.06. The quantitative estimate of drug-likeness (QED) is 0.589. The minimum atomic E-state index is -0.293. The topological polar surface area (TPSA) is 81.4 Å². The third-order valence-corrected chi connectivity index (χ3v) is 2.08. The highest BCUT2D eigenvalue weighted by Gasteiger charge is 2.13.